The topological polar surface area (TPSA) is 0 Å². The second-order valence-electron chi connectivity index (χ2n) is 7.29. The molecule has 0 aliphatic rings. The highest BCUT2D eigenvalue weighted by Gasteiger charge is 2.07. The van der Waals surface area contributed by atoms with Crippen LogP contribution in [0.25, 0.3) is 33.4 Å². The van der Waals surface area contributed by atoms with Crippen molar-refractivity contribution in [2.75, 3.05) is 0 Å². The van der Waals surface area contributed by atoms with Crippen molar-refractivity contribution in [3.05, 3.63) is 108 Å². The summed E-state index contributed by atoms with van der Waals surface area (Å²) < 4.78 is 0. The van der Waals surface area contributed by atoms with Gasteiger partial charge in [0.2, 0.25) is 0 Å². The van der Waals surface area contributed by atoms with Gasteiger partial charge in [0.05, 0.1) is 0 Å². The lowest BCUT2D eigenvalue weighted by Crippen LogP contribution is -1.88. The van der Waals surface area contributed by atoms with Crippen molar-refractivity contribution in [1.82, 2.24) is 0 Å². The molecule has 4 aromatic rings. The summed E-state index contributed by atoms with van der Waals surface area (Å²) in [6, 6.07) is 32.9. The predicted molar refractivity (Wildman–Crippen MR) is 117 cm³/mol. The van der Waals surface area contributed by atoms with Gasteiger partial charge >= 0.3 is 0 Å². The summed E-state index contributed by atoms with van der Waals surface area (Å²) in [4.78, 5) is 0. The first-order chi connectivity index (χ1) is 13.1. The third-order valence-electron chi connectivity index (χ3n) is 5.26. The summed E-state index contributed by atoms with van der Waals surface area (Å²) in [7, 11) is 0. The Balaban J connectivity index is 1.65. The van der Waals surface area contributed by atoms with E-state index in [1.807, 2.05) is 0 Å². The first kappa shape index (κ1) is 17.3. The van der Waals surface area contributed by atoms with E-state index in [1.165, 1.54) is 50.1 Å². The molecule has 0 aromatic heterocycles. The Hall–Kier alpha value is -3.12. The van der Waals surface area contributed by atoms with Crippen molar-refractivity contribution in [2.45, 2.75) is 20.8 Å². The summed E-state index contributed by atoms with van der Waals surface area (Å²) in [6.45, 7) is 6.49. The highest BCUT2D eigenvalue weighted by atomic mass is 14.1. The molecule has 27 heavy (non-hydrogen) atoms. The Morgan fingerprint density at radius 3 is 1.48 bits per heavy atom. The largest absolute Gasteiger partial charge is 0.0620 e. The molecule has 0 heterocycles. The van der Waals surface area contributed by atoms with Gasteiger partial charge in [0.15, 0.2) is 0 Å². The molecule has 0 radical (unpaired) electrons. The molecule has 0 spiro atoms. The molecular weight excluding hydrogens is 324 g/mol. The van der Waals surface area contributed by atoms with Gasteiger partial charge in [-0.3, -0.25) is 0 Å². The molecule has 0 saturated heterocycles. The molecule has 4 aromatic carbocycles. The maximum absolute atomic E-state index is 2.29. The van der Waals surface area contributed by atoms with Crippen molar-refractivity contribution in [2.24, 2.45) is 0 Å². The third kappa shape index (κ3) is 3.57. The quantitative estimate of drug-likeness (QED) is 0.357. The van der Waals surface area contributed by atoms with Gasteiger partial charge in [0, 0.05) is 0 Å². The van der Waals surface area contributed by atoms with Crippen LogP contribution < -0.4 is 0 Å². The van der Waals surface area contributed by atoms with Crippen molar-refractivity contribution in [1.29, 1.82) is 0 Å². The molecule has 0 bridgehead atoms. The molecule has 0 amide bonds. The average Bonchev–Trinajstić information content (AvgIpc) is 2.69. The van der Waals surface area contributed by atoms with Gasteiger partial charge in [-0.05, 0) is 65.3 Å². The zero-order valence-corrected chi connectivity index (χ0v) is 16.2. The van der Waals surface area contributed by atoms with Gasteiger partial charge < -0.3 is 0 Å². The van der Waals surface area contributed by atoms with E-state index < -0.39 is 0 Å². The first-order valence-electron chi connectivity index (χ1n) is 9.46. The lowest BCUT2D eigenvalue weighted by atomic mass is 9.93. The van der Waals surface area contributed by atoms with E-state index in [1.54, 1.807) is 0 Å². The van der Waals surface area contributed by atoms with Crippen LogP contribution in [0.4, 0.5) is 0 Å². The fourth-order valence-electron chi connectivity index (χ4n) is 3.62. The second-order valence-corrected chi connectivity index (χ2v) is 7.29. The Morgan fingerprint density at radius 2 is 0.889 bits per heavy atom. The van der Waals surface area contributed by atoms with Gasteiger partial charge in [0.25, 0.3) is 0 Å². The molecule has 4 rings (SSSR count). The maximum Gasteiger partial charge on any atom is -0.0152 e. The molecule has 0 heteroatoms. The average molecular weight is 348 g/mol. The standard InChI is InChI=1S/C27H24/c1-19-8-10-22(11-9-19)23-12-14-24(15-13-23)25-16-17-27(21(3)18-25)26-7-5-4-6-20(26)2/h4-18H,1-3H3. The van der Waals surface area contributed by atoms with E-state index >= 15 is 0 Å². The minimum Gasteiger partial charge on any atom is -0.0620 e. The Morgan fingerprint density at radius 1 is 0.407 bits per heavy atom. The van der Waals surface area contributed by atoms with Gasteiger partial charge in [-0.25, -0.2) is 0 Å². The summed E-state index contributed by atoms with van der Waals surface area (Å²) in [6.07, 6.45) is 0. The summed E-state index contributed by atoms with van der Waals surface area (Å²) >= 11 is 0. The van der Waals surface area contributed by atoms with Gasteiger partial charge in [-0.1, -0.05) is 96.6 Å². The van der Waals surface area contributed by atoms with Crippen LogP contribution in [0, 0.1) is 20.8 Å². The maximum atomic E-state index is 2.29. The van der Waals surface area contributed by atoms with Crippen molar-refractivity contribution in [3.8, 4) is 33.4 Å². The predicted octanol–water partition coefficient (Wildman–Crippen LogP) is 7.61. The minimum absolute atomic E-state index is 1.25. The number of rotatable bonds is 3. The molecule has 0 N–H and O–H groups in total. The highest BCUT2D eigenvalue weighted by Crippen LogP contribution is 2.31. The Bertz CT molecular complexity index is 1070. The summed E-state index contributed by atoms with van der Waals surface area (Å²) in [5.41, 5.74) is 11.6. The Labute approximate surface area is 162 Å². The van der Waals surface area contributed by atoms with E-state index in [0.717, 1.165) is 0 Å². The first-order valence-corrected chi connectivity index (χ1v) is 9.46. The minimum atomic E-state index is 1.25. The number of hydrogen-bond donors (Lipinski definition) is 0. The van der Waals surface area contributed by atoms with E-state index in [2.05, 4.69) is 112 Å². The van der Waals surface area contributed by atoms with Crippen LogP contribution in [0.15, 0.2) is 91.0 Å². The van der Waals surface area contributed by atoms with Crippen LogP contribution in [0.2, 0.25) is 0 Å². The van der Waals surface area contributed by atoms with Crippen LogP contribution in [0.5, 0.6) is 0 Å². The van der Waals surface area contributed by atoms with E-state index in [-0.39, 0.29) is 0 Å². The van der Waals surface area contributed by atoms with Crippen LogP contribution in [-0.2, 0) is 0 Å². The van der Waals surface area contributed by atoms with Crippen molar-refractivity contribution < 1.29 is 0 Å². The zero-order chi connectivity index (χ0) is 18.8. The molecule has 0 aliphatic heterocycles. The van der Waals surface area contributed by atoms with Gasteiger partial charge in [0.1, 0.15) is 0 Å². The van der Waals surface area contributed by atoms with E-state index in [0.29, 0.717) is 0 Å². The fraction of sp³-hybridized carbons (Fsp3) is 0.111. The van der Waals surface area contributed by atoms with Gasteiger partial charge in [-0.15, -0.1) is 0 Å². The fourth-order valence-corrected chi connectivity index (χ4v) is 3.62. The van der Waals surface area contributed by atoms with Crippen molar-refractivity contribution in [3.63, 3.8) is 0 Å². The van der Waals surface area contributed by atoms with Crippen LogP contribution in [0.3, 0.4) is 0 Å². The van der Waals surface area contributed by atoms with E-state index in [9.17, 15) is 0 Å². The lowest BCUT2D eigenvalue weighted by molar-refractivity contribution is 1.41. The van der Waals surface area contributed by atoms with Gasteiger partial charge in [-0.2, -0.15) is 0 Å². The summed E-state index contributed by atoms with van der Waals surface area (Å²) in [5, 5.41) is 0. The lowest BCUT2D eigenvalue weighted by Gasteiger charge is -2.12. The summed E-state index contributed by atoms with van der Waals surface area (Å²) in [5.74, 6) is 0. The smallest absolute Gasteiger partial charge is 0.0152 e. The molecule has 0 atom stereocenters. The highest BCUT2D eigenvalue weighted by molar-refractivity contribution is 5.76. The number of hydrogen-bond acceptors (Lipinski definition) is 0. The number of benzene rings is 4. The van der Waals surface area contributed by atoms with E-state index in [4.69, 9.17) is 0 Å². The molecule has 132 valence electrons. The second kappa shape index (κ2) is 7.25. The zero-order valence-electron chi connectivity index (χ0n) is 16.2. The van der Waals surface area contributed by atoms with Crippen LogP contribution in [-0.4, -0.2) is 0 Å². The molecule has 0 saturated carbocycles. The molecule has 0 aliphatic carbocycles. The molecule has 0 unspecified atom stereocenters. The molecular formula is C27H24. The Kier molecular flexibility index (Phi) is 4.64. The third-order valence-corrected chi connectivity index (χ3v) is 5.26. The molecule has 0 nitrogen and oxygen atoms in total. The van der Waals surface area contributed by atoms with Crippen molar-refractivity contribution >= 4 is 0 Å². The monoisotopic (exact) mass is 348 g/mol. The number of aryl methyl sites for hydroxylation is 3. The van der Waals surface area contributed by atoms with Crippen LogP contribution >= 0.6 is 0 Å². The SMILES string of the molecule is Cc1ccc(-c2ccc(-c3ccc(-c4ccccc4C)c(C)c3)cc2)cc1. The van der Waals surface area contributed by atoms with Crippen LogP contribution in [0.1, 0.15) is 16.7 Å². The molecule has 0 fully saturated rings. The normalized spacial score (nSPS) is 10.8.